The first-order valence-electron chi connectivity index (χ1n) is 7.06. The largest absolute Gasteiger partial charge is 0.331 e. The fourth-order valence-electron chi connectivity index (χ4n) is 3.68. The lowest BCUT2D eigenvalue weighted by Crippen LogP contribution is -2.28. The summed E-state index contributed by atoms with van der Waals surface area (Å²) in [5, 5.41) is 3.55. The molecule has 94 valence electrons. The number of aryl methyl sites for hydroxylation is 1. The van der Waals surface area contributed by atoms with E-state index in [2.05, 4.69) is 33.9 Å². The number of imidazole rings is 1. The van der Waals surface area contributed by atoms with E-state index in [-0.39, 0.29) is 0 Å². The molecule has 2 heterocycles. The van der Waals surface area contributed by atoms with Crippen LogP contribution in [0, 0.1) is 0 Å². The molecular formula is C15H19N3. The molecule has 2 aliphatic rings. The van der Waals surface area contributed by atoms with Crippen molar-refractivity contribution < 1.29 is 0 Å². The minimum absolute atomic E-state index is 0.722. The number of fused-ring (bicyclic) bond motifs is 6. The van der Waals surface area contributed by atoms with Crippen molar-refractivity contribution in [3.8, 4) is 0 Å². The molecule has 2 unspecified atom stereocenters. The molecule has 1 N–H and O–H groups in total. The maximum absolute atomic E-state index is 4.57. The fourth-order valence-corrected chi connectivity index (χ4v) is 3.68. The summed E-state index contributed by atoms with van der Waals surface area (Å²) in [6.07, 6.45) is 4.50. The van der Waals surface area contributed by atoms with E-state index in [1.54, 1.807) is 11.1 Å². The Morgan fingerprint density at radius 2 is 2.06 bits per heavy atom. The molecule has 1 aliphatic carbocycles. The lowest BCUT2D eigenvalue weighted by atomic mass is 9.98. The van der Waals surface area contributed by atoms with Gasteiger partial charge in [0.05, 0.1) is 17.4 Å². The molecule has 0 spiro atoms. The van der Waals surface area contributed by atoms with E-state index in [1.165, 1.54) is 17.5 Å². The van der Waals surface area contributed by atoms with Crippen LogP contribution in [-0.4, -0.2) is 22.6 Å². The third-order valence-electron chi connectivity index (χ3n) is 4.52. The number of hydrogen-bond acceptors (Lipinski definition) is 2. The van der Waals surface area contributed by atoms with Crippen LogP contribution in [0.1, 0.15) is 42.7 Å². The second kappa shape index (κ2) is 3.82. The van der Waals surface area contributed by atoms with Crippen LogP contribution in [0.2, 0.25) is 0 Å². The topological polar surface area (TPSA) is 29.9 Å². The molecule has 3 heteroatoms. The average molecular weight is 241 g/mol. The van der Waals surface area contributed by atoms with Crippen molar-refractivity contribution in [1.82, 2.24) is 14.9 Å². The Balaban J connectivity index is 1.90. The Bertz CT molecular complexity index is 599. The van der Waals surface area contributed by atoms with Gasteiger partial charge < -0.3 is 9.88 Å². The minimum atomic E-state index is 0.722. The maximum atomic E-state index is 4.57. The van der Waals surface area contributed by atoms with Crippen LogP contribution in [0.5, 0.6) is 0 Å². The number of rotatable bonds is 2. The summed E-state index contributed by atoms with van der Waals surface area (Å²) >= 11 is 0. The smallest absolute Gasteiger partial charge is 0.0958 e. The Morgan fingerprint density at radius 3 is 2.83 bits per heavy atom. The maximum Gasteiger partial charge on any atom is 0.0958 e. The average Bonchev–Trinajstić information content (AvgIpc) is 2.90. The summed E-state index contributed by atoms with van der Waals surface area (Å²) < 4.78 is 2.30. The van der Waals surface area contributed by atoms with Crippen molar-refractivity contribution in [3.63, 3.8) is 0 Å². The summed E-state index contributed by atoms with van der Waals surface area (Å²) in [7, 11) is 0. The monoisotopic (exact) mass is 241 g/mol. The quantitative estimate of drug-likeness (QED) is 0.876. The van der Waals surface area contributed by atoms with Gasteiger partial charge >= 0.3 is 0 Å². The van der Waals surface area contributed by atoms with Crippen LogP contribution >= 0.6 is 0 Å². The zero-order valence-electron chi connectivity index (χ0n) is 10.8. The van der Waals surface area contributed by atoms with Gasteiger partial charge in [-0.3, -0.25) is 0 Å². The van der Waals surface area contributed by atoms with Gasteiger partial charge in [-0.15, -0.1) is 0 Å². The van der Waals surface area contributed by atoms with Crippen LogP contribution < -0.4 is 5.32 Å². The molecule has 1 aromatic heterocycles. The SMILES string of the molecule is CCCn1cnc2cc3c(cc21)C1CNCC3C1. The van der Waals surface area contributed by atoms with Crippen LogP contribution in [0.25, 0.3) is 11.0 Å². The number of hydrogen-bond donors (Lipinski definition) is 1. The summed E-state index contributed by atoms with van der Waals surface area (Å²) in [4.78, 5) is 4.57. The molecule has 1 aliphatic heterocycles. The van der Waals surface area contributed by atoms with Crippen molar-refractivity contribution in [1.29, 1.82) is 0 Å². The first kappa shape index (κ1) is 10.6. The normalized spacial score (nSPS) is 25.6. The van der Waals surface area contributed by atoms with E-state index < -0.39 is 0 Å². The molecule has 0 amide bonds. The molecule has 2 bridgehead atoms. The van der Waals surface area contributed by atoms with E-state index in [9.17, 15) is 0 Å². The van der Waals surface area contributed by atoms with Crippen molar-refractivity contribution in [2.45, 2.75) is 38.1 Å². The Hall–Kier alpha value is -1.35. The number of benzene rings is 1. The Morgan fingerprint density at radius 1 is 1.28 bits per heavy atom. The van der Waals surface area contributed by atoms with Crippen molar-refractivity contribution >= 4 is 11.0 Å². The minimum Gasteiger partial charge on any atom is -0.331 e. The van der Waals surface area contributed by atoms with Crippen molar-refractivity contribution in [2.24, 2.45) is 0 Å². The lowest BCUT2D eigenvalue weighted by molar-refractivity contribution is 0.454. The van der Waals surface area contributed by atoms with Crippen LogP contribution in [-0.2, 0) is 6.54 Å². The predicted molar refractivity (Wildman–Crippen MR) is 73.0 cm³/mol. The number of aromatic nitrogens is 2. The van der Waals surface area contributed by atoms with Crippen molar-refractivity contribution in [3.05, 3.63) is 29.6 Å². The number of nitrogens with one attached hydrogen (secondary N) is 1. The van der Waals surface area contributed by atoms with E-state index in [1.807, 2.05) is 6.33 Å². The summed E-state index contributed by atoms with van der Waals surface area (Å²) in [5.74, 6) is 1.45. The van der Waals surface area contributed by atoms with E-state index in [0.717, 1.165) is 37.9 Å². The van der Waals surface area contributed by atoms with Gasteiger partial charge in [-0.05, 0) is 47.9 Å². The van der Waals surface area contributed by atoms with Crippen LogP contribution in [0.4, 0.5) is 0 Å². The highest BCUT2D eigenvalue weighted by Crippen LogP contribution is 2.44. The lowest BCUT2D eigenvalue weighted by Gasteiger charge is -2.19. The van der Waals surface area contributed by atoms with E-state index >= 15 is 0 Å². The molecule has 1 aromatic carbocycles. The van der Waals surface area contributed by atoms with Crippen LogP contribution in [0.3, 0.4) is 0 Å². The first-order valence-corrected chi connectivity index (χ1v) is 7.06. The van der Waals surface area contributed by atoms with Crippen LogP contribution in [0.15, 0.2) is 18.5 Å². The second-order valence-corrected chi connectivity index (χ2v) is 5.70. The van der Waals surface area contributed by atoms with Gasteiger partial charge in [0.15, 0.2) is 0 Å². The number of nitrogens with zero attached hydrogens (tertiary/aromatic N) is 2. The van der Waals surface area contributed by atoms with E-state index in [0.29, 0.717) is 0 Å². The zero-order chi connectivity index (χ0) is 12.1. The molecule has 4 rings (SSSR count). The molecule has 3 nitrogen and oxygen atoms in total. The molecule has 2 atom stereocenters. The van der Waals surface area contributed by atoms with Gasteiger partial charge in [0.25, 0.3) is 0 Å². The van der Waals surface area contributed by atoms with Gasteiger partial charge in [-0.1, -0.05) is 6.92 Å². The first-order chi connectivity index (χ1) is 8.86. The van der Waals surface area contributed by atoms with Gasteiger partial charge in [0, 0.05) is 19.6 Å². The highest BCUT2D eigenvalue weighted by atomic mass is 15.0. The molecule has 1 saturated heterocycles. The fraction of sp³-hybridized carbons (Fsp3) is 0.533. The molecule has 18 heavy (non-hydrogen) atoms. The second-order valence-electron chi connectivity index (χ2n) is 5.70. The molecule has 2 aromatic rings. The third kappa shape index (κ3) is 1.37. The zero-order valence-corrected chi connectivity index (χ0v) is 10.8. The van der Waals surface area contributed by atoms with Gasteiger partial charge in [0.2, 0.25) is 0 Å². The Labute approximate surface area is 107 Å². The van der Waals surface area contributed by atoms with Gasteiger partial charge in [-0.25, -0.2) is 4.98 Å². The van der Waals surface area contributed by atoms with Gasteiger partial charge in [0.1, 0.15) is 0 Å². The van der Waals surface area contributed by atoms with Crippen molar-refractivity contribution in [2.75, 3.05) is 13.1 Å². The molecule has 0 radical (unpaired) electrons. The van der Waals surface area contributed by atoms with Gasteiger partial charge in [-0.2, -0.15) is 0 Å². The molecular weight excluding hydrogens is 222 g/mol. The highest BCUT2D eigenvalue weighted by Gasteiger charge is 2.34. The molecule has 1 fully saturated rings. The number of piperidine rings is 1. The highest BCUT2D eigenvalue weighted by molar-refractivity contribution is 5.78. The standard InChI is InChI=1S/C15H19N3/c1-2-3-18-9-17-14-5-12-10-4-11(8-16-7-10)13(12)6-15(14)18/h5-6,9-11,16H,2-4,7-8H2,1H3. The Kier molecular flexibility index (Phi) is 2.24. The summed E-state index contributed by atoms with van der Waals surface area (Å²) in [5.41, 5.74) is 5.63. The summed E-state index contributed by atoms with van der Waals surface area (Å²) in [6, 6.07) is 4.75. The molecule has 0 saturated carbocycles. The summed E-state index contributed by atoms with van der Waals surface area (Å²) in [6.45, 7) is 5.58. The predicted octanol–water partition coefficient (Wildman–Crippen LogP) is 2.62. The third-order valence-corrected chi connectivity index (χ3v) is 4.52. The van der Waals surface area contributed by atoms with E-state index in [4.69, 9.17) is 0 Å².